The van der Waals surface area contributed by atoms with Crippen LogP contribution in [0.1, 0.15) is 27.5 Å². The van der Waals surface area contributed by atoms with Crippen LogP contribution in [-0.2, 0) is 10.3 Å². The van der Waals surface area contributed by atoms with Crippen molar-refractivity contribution in [3.63, 3.8) is 0 Å². The van der Waals surface area contributed by atoms with E-state index in [-0.39, 0.29) is 18.4 Å². The molecular weight excluding hydrogens is 412 g/mol. The molecule has 2 aliphatic heterocycles. The second kappa shape index (κ2) is 7.19. The number of fused-ring (bicyclic) bond motifs is 4. The molecule has 9 heteroatoms. The van der Waals surface area contributed by atoms with Crippen molar-refractivity contribution in [2.24, 2.45) is 0 Å². The molecule has 1 saturated heterocycles. The highest BCUT2D eigenvalue weighted by atomic mass is 32.1. The Morgan fingerprint density at radius 3 is 2.81 bits per heavy atom. The zero-order chi connectivity index (χ0) is 21.8. The van der Waals surface area contributed by atoms with Crippen LogP contribution in [0.2, 0.25) is 0 Å². The monoisotopic (exact) mass is 436 g/mol. The van der Waals surface area contributed by atoms with Gasteiger partial charge in [-0.2, -0.15) is 0 Å². The summed E-state index contributed by atoms with van der Waals surface area (Å²) in [4.78, 5) is 41.3. The molecule has 1 unspecified atom stereocenters. The molecule has 0 aliphatic carbocycles. The van der Waals surface area contributed by atoms with Crippen LogP contribution in [0.15, 0.2) is 42.2 Å². The van der Waals surface area contributed by atoms with E-state index >= 15 is 0 Å². The summed E-state index contributed by atoms with van der Waals surface area (Å²) >= 11 is 1.38. The van der Waals surface area contributed by atoms with Gasteiger partial charge in [0.15, 0.2) is 5.82 Å². The molecular formula is C22H24N6O2S. The van der Waals surface area contributed by atoms with Crippen molar-refractivity contribution in [3.8, 4) is 5.82 Å². The normalized spacial score (nSPS) is 19.5. The zero-order valence-corrected chi connectivity index (χ0v) is 18.6. The van der Waals surface area contributed by atoms with Gasteiger partial charge < -0.3 is 19.3 Å². The minimum Gasteiger partial charge on any atom is -0.347 e. The van der Waals surface area contributed by atoms with Crippen LogP contribution in [0, 0.1) is 6.92 Å². The molecule has 160 valence electrons. The Bertz CT molecular complexity index is 1170. The molecule has 2 amide bonds. The number of amides is 2. The van der Waals surface area contributed by atoms with E-state index in [0.29, 0.717) is 18.0 Å². The third kappa shape index (κ3) is 2.95. The minimum absolute atomic E-state index is 0.00542. The smallest absolute Gasteiger partial charge is 0.265 e. The van der Waals surface area contributed by atoms with Crippen LogP contribution in [0.5, 0.6) is 0 Å². The maximum atomic E-state index is 13.3. The summed E-state index contributed by atoms with van der Waals surface area (Å²) in [7, 11) is 3.53. The van der Waals surface area contributed by atoms with Gasteiger partial charge in [-0.1, -0.05) is 0 Å². The number of likely N-dealkylation sites (N-methyl/N-ethyl adjacent to an activating group) is 1. The number of hydrogen-bond acceptors (Lipinski definition) is 6. The van der Waals surface area contributed by atoms with Crippen LogP contribution >= 0.6 is 11.3 Å². The Morgan fingerprint density at radius 1 is 1.23 bits per heavy atom. The van der Waals surface area contributed by atoms with Crippen LogP contribution in [0.25, 0.3) is 5.82 Å². The largest absolute Gasteiger partial charge is 0.347 e. The summed E-state index contributed by atoms with van der Waals surface area (Å²) in [5.74, 6) is 0.825. The van der Waals surface area contributed by atoms with Gasteiger partial charge in [-0.05, 0) is 37.6 Å². The molecule has 0 bridgehead atoms. The van der Waals surface area contributed by atoms with Crippen LogP contribution in [0.4, 0.5) is 5.69 Å². The molecule has 1 spiro atoms. The summed E-state index contributed by atoms with van der Waals surface area (Å²) in [6.45, 7) is 3.20. The number of rotatable bonds is 3. The van der Waals surface area contributed by atoms with E-state index in [0.717, 1.165) is 29.3 Å². The number of anilines is 1. The number of carbonyl (C=O) groups is 2. The van der Waals surface area contributed by atoms with Crippen molar-refractivity contribution in [2.45, 2.75) is 18.9 Å². The fourth-order valence-electron chi connectivity index (χ4n) is 4.66. The Labute approximate surface area is 184 Å². The van der Waals surface area contributed by atoms with E-state index in [1.165, 1.54) is 11.3 Å². The first-order valence-electron chi connectivity index (χ1n) is 10.2. The fraction of sp³-hybridized carbons (Fsp3) is 0.364. The first-order valence-corrected chi connectivity index (χ1v) is 11.1. The molecule has 0 aromatic carbocycles. The summed E-state index contributed by atoms with van der Waals surface area (Å²) < 4.78 is 2.10. The molecule has 31 heavy (non-hydrogen) atoms. The molecule has 2 aliphatic rings. The third-order valence-electron chi connectivity index (χ3n) is 6.29. The maximum absolute atomic E-state index is 13.3. The second-order valence-corrected chi connectivity index (χ2v) is 9.11. The van der Waals surface area contributed by atoms with Gasteiger partial charge in [0, 0.05) is 39.6 Å². The Morgan fingerprint density at radius 2 is 2.06 bits per heavy atom. The van der Waals surface area contributed by atoms with Gasteiger partial charge in [0.1, 0.15) is 10.4 Å². The highest BCUT2D eigenvalue weighted by Crippen LogP contribution is 2.47. The van der Waals surface area contributed by atoms with E-state index in [9.17, 15) is 9.59 Å². The van der Waals surface area contributed by atoms with E-state index in [2.05, 4.69) is 25.5 Å². The lowest BCUT2D eigenvalue weighted by molar-refractivity contribution is -0.127. The van der Waals surface area contributed by atoms with Crippen molar-refractivity contribution < 1.29 is 9.59 Å². The molecule has 3 aromatic rings. The van der Waals surface area contributed by atoms with Crippen molar-refractivity contribution in [3.05, 3.63) is 58.4 Å². The number of carbonyl (C=O) groups excluding carboxylic acids is 2. The molecule has 1 fully saturated rings. The number of nitrogens with zero attached hydrogens (tertiary/aromatic N) is 6. The Hall–Kier alpha value is -3.20. The van der Waals surface area contributed by atoms with Crippen molar-refractivity contribution in [1.29, 1.82) is 0 Å². The highest BCUT2D eigenvalue weighted by molar-refractivity contribution is 7.11. The SMILES string of the molecule is Cc1ncsc1C(=O)N1CCC2(C1)c1cccn1-c1ncccc1N2CC(=O)N(C)C. The molecule has 3 aromatic heterocycles. The molecule has 5 heterocycles. The number of hydrogen-bond donors (Lipinski definition) is 0. The van der Waals surface area contributed by atoms with Crippen molar-refractivity contribution in [2.75, 3.05) is 38.6 Å². The lowest BCUT2D eigenvalue weighted by atomic mass is 9.88. The van der Waals surface area contributed by atoms with Gasteiger partial charge in [-0.25, -0.2) is 9.97 Å². The lowest BCUT2D eigenvalue weighted by Gasteiger charge is -2.46. The molecule has 1 atom stereocenters. The summed E-state index contributed by atoms with van der Waals surface area (Å²) in [5.41, 5.74) is 3.94. The van der Waals surface area contributed by atoms with E-state index < -0.39 is 5.54 Å². The molecule has 0 N–H and O–H groups in total. The van der Waals surface area contributed by atoms with Gasteiger partial charge in [0.2, 0.25) is 5.91 Å². The fourth-order valence-corrected chi connectivity index (χ4v) is 5.43. The first-order chi connectivity index (χ1) is 14.9. The number of pyridine rings is 1. The second-order valence-electron chi connectivity index (χ2n) is 8.26. The van der Waals surface area contributed by atoms with Crippen LogP contribution < -0.4 is 4.90 Å². The Balaban J connectivity index is 1.60. The number of aryl methyl sites for hydroxylation is 1. The summed E-state index contributed by atoms with van der Waals surface area (Å²) in [6, 6.07) is 7.99. The van der Waals surface area contributed by atoms with Gasteiger partial charge >= 0.3 is 0 Å². The van der Waals surface area contributed by atoms with E-state index in [1.54, 1.807) is 30.7 Å². The predicted molar refractivity (Wildman–Crippen MR) is 119 cm³/mol. The quantitative estimate of drug-likeness (QED) is 0.630. The van der Waals surface area contributed by atoms with Gasteiger partial charge in [0.25, 0.3) is 5.91 Å². The maximum Gasteiger partial charge on any atom is 0.265 e. The standard InChI is InChI=1S/C22H24N6O2S/c1-15-19(31-14-24-15)21(30)26-11-8-22(13-26)17-7-5-10-27(17)20-16(6-4-9-23-20)28(22)12-18(29)25(2)3/h4-7,9-10,14H,8,11-13H2,1-3H3. The van der Waals surface area contributed by atoms with Gasteiger partial charge in [-0.15, -0.1) is 11.3 Å². The molecule has 5 rings (SSSR count). The van der Waals surface area contributed by atoms with Crippen molar-refractivity contribution in [1.82, 2.24) is 24.3 Å². The van der Waals surface area contributed by atoms with Gasteiger partial charge in [-0.3, -0.25) is 9.59 Å². The molecule has 0 radical (unpaired) electrons. The summed E-state index contributed by atoms with van der Waals surface area (Å²) in [5, 5.41) is 0. The minimum atomic E-state index is -0.501. The third-order valence-corrected chi connectivity index (χ3v) is 7.21. The molecule has 8 nitrogen and oxygen atoms in total. The number of aromatic nitrogens is 3. The number of likely N-dealkylation sites (tertiary alicyclic amines) is 1. The van der Waals surface area contributed by atoms with Gasteiger partial charge in [0.05, 0.1) is 29.1 Å². The zero-order valence-electron chi connectivity index (χ0n) is 17.8. The van der Waals surface area contributed by atoms with Crippen molar-refractivity contribution >= 4 is 28.8 Å². The molecule has 0 saturated carbocycles. The van der Waals surface area contributed by atoms with Crippen LogP contribution in [0.3, 0.4) is 0 Å². The predicted octanol–water partition coefficient (Wildman–Crippen LogP) is 2.29. The highest BCUT2D eigenvalue weighted by Gasteiger charge is 2.51. The summed E-state index contributed by atoms with van der Waals surface area (Å²) in [6.07, 6.45) is 4.51. The average molecular weight is 437 g/mol. The first kappa shape index (κ1) is 19.7. The number of thiazole rings is 1. The van der Waals surface area contributed by atoms with Crippen LogP contribution in [-0.4, -0.2) is 69.9 Å². The van der Waals surface area contributed by atoms with E-state index in [1.807, 2.05) is 36.2 Å². The van der Waals surface area contributed by atoms with E-state index in [4.69, 9.17) is 0 Å². The Kier molecular flexibility index (Phi) is 4.58. The lowest BCUT2D eigenvalue weighted by Crippen LogP contribution is -2.55. The topological polar surface area (TPSA) is 74.6 Å². The average Bonchev–Trinajstić information content (AvgIpc) is 3.50.